The minimum Gasteiger partial charge on any atom is -0.481 e. The molecule has 0 radical (unpaired) electrons. The second-order valence-corrected chi connectivity index (χ2v) is 6.54. The Morgan fingerprint density at radius 3 is 2.64 bits per heavy atom. The van der Waals surface area contributed by atoms with Gasteiger partial charge in [0.1, 0.15) is 0 Å². The molecule has 2 N–H and O–H groups in total. The first-order valence-corrected chi connectivity index (χ1v) is 8.85. The Balaban J connectivity index is 1.67. The summed E-state index contributed by atoms with van der Waals surface area (Å²) in [7, 11) is 0. The van der Waals surface area contributed by atoms with Crippen LogP contribution in [0.15, 0.2) is 30.3 Å². The van der Waals surface area contributed by atoms with Gasteiger partial charge in [0.15, 0.2) is 0 Å². The first kappa shape index (κ1) is 19.0. The fourth-order valence-electron chi connectivity index (χ4n) is 3.17. The molecule has 2 amide bonds. The van der Waals surface area contributed by atoms with E-state index < -0.39 is 5.97 Å². The summed E-state index contributed by atoms with van der Waals surface area (Å²) in [6, 6.07) is 9.49. The van der Waals surface area contributed by atoms with Crippen LogP contribution in [0.3, 0.4) is 0 Å². The van der Waals surface area contributed by atoms with Crippen LogP contribution < -0.4 is 5.32 Å². The molecule has 1 unspecified atom stereocenters. The van der Waals surface area contributed by atoms with Gasteiger partial charge in [0.05, 0.1) is 6.42 Å². The first-order valence-electron chi connectivity index (χ1n) is 8.85. The third kappa shape index (κ3) is 6.95. The highest BCUT2D eigenvalue weighted by atomic mass is 16.4. The van der Waals surface area contributed by atoms with Gasteiger partial charge in [-0.25, -0.2) is 0 Å². The fourth-order valence-corrected chi connectivity index (χ4v) is 3.17. The maximum absolute atomic E-state index is 12.3. The number of hydrogen-bond donors (Lipinski definition) is 2. The van der Waals surface area contributed by atoms with E-state index in [1.165, 1.54) is 0 Å². The Morgan fingerprint density at radius 2 is 1.92 bits per heavy atom. The van der Waals surface area contributed by atoms with Gasteiger partial charge in [0.25, 0.3) is 0 Å². The van der Waals surface area contributed by atoms with E-state index in [2.05, 4.69) is 5.32 Å². The third-order valence-electron chi connectivity index (χ3n) is 4.51. The molecule has 25 heavy (non-hydrogen) atoms. The van der Waals surface area contributed by atoms with Crippen LogP contribution in [-0.2, 0) is 20.8 Å². The lowest BCUT2D eigenvalue weighted by Gasteiger charge is -2.32. The minimum atomic E-state index is -0.787. The Kier molecular flexibility index (Phi) is 7.44. The number of piperidine rings is 1. The van der Waals surface area contributed by atoms with Crippen LogP contribution in [0.25, 0.3) is 0 Å². The van der Waals surface area contributed by atoms with Crippen molar-refractivity contribution in [3.05, 3.63) is 35.9 Å². The maximum atomic E-state index is 12.3. The van der Waals surface area contributed by atoms with E-state index >= 15 is 0 Å². The van der Waals surface area contributed by atoms with Crippen molar-refractivity contribution in [2.24, 2.45) is 5.92 Å². The van der Waals surface area contributed by atoms with Crippen molar-refractivity contribution in [1.82, 2.24) is 10.2 Å². The second-order valence-electron chi connectivity index (χ2n) is 6.54. The zero-order valence-electron chi connectivity index (χ0n) is 14.4. The topological polar surface area (TPSA) is 86.7 Å². The maximum Gasteiger partial charge on any atom is 0.303 e. The Bertz CT molecular complexity index is 588. The highest BCUT2D eigenvalue weighted by molar-refractivity contribution is 5.80. The molecule has 0 saturated carbocycles. The van der Waals surface area contributed by atoms with Crippen molar-refractivity contribution in [3.63, 3.8) is 0 Å². The van der Waals surface area contributed by atoms with Gasteiger partial charge in [0, 0.05) is 32.5 Å². The molecule has 6 heteroatoms. The van der Waals surface area contributed by atoms with Crippen LogP contribution in [0.4, 0.5) is 0 Å². The minimum absolute atomic E-state index is 0.0278. The summed E-state index contributed by atoms with van der Waals surface area (Å²) in [5.74, 6) is -0.580. The SMILES string of the molecule is O=C(O)CCC1CCCN(C(=O)CCNC(=O)Cc2ccccc2)C1. The van der Waals surface area contributed by atoms with Crippen molar-refractivity contribution in [2.45, 2.75) is 38.5 Å². The fraction of sp³-hybridized carbons (Fsp3) is 0.526. The van der Waals surface area contributed by atoms with Crippen LogP contribution in [0.2, 0.25) is 0 Å². The van der Waals surface area contributed by atoms with Crippen molar-refractivity contribution in [2.75, 3.05) is 19.6 Å². The molecule has 1 heterocycles. The van der Waals surface area contributed by atoms with Gasteiger partial charge < -0.3 is 15.3 Å². The van der Waals surface area contributed by atoms with Gasteiger partial charge in [-0.05, 0) is 30.7 Å². The van der Waals surface area contributed by atoms with Gasteiger partial charge in [-0.15, -0.1) is 0 Å². The molecule has 1 aromatic rings. The summed E-state index contributed by atoms with van der Waals surface area (Å²) < 4.78 is 0. The van der Waals surface area contributed by atoms with Crippen LogP contribution in [-0.4, -0.2) is 47.4 Å². The molecule has 1 aliphatic rings. The quantitative estimate of drug-likeness (QED) is 0.752. The lowest BCUT2D eigenvalue weighted by atomic mass is 9.93. The molecule has 136 valence electrons. The number of carboxylic acids is 1. The van der Waals surface area contributed by atoms with Gasteiger partial charge in [-0.1, -0.05) is 30.3 Å². The molecule has 2 rings (SSSR count). The summed E-state index contributed by atoms with van der Waals surface area (Å²) in [6.07, 6.45) is 3.26. The number of hydrogen-bond acceptors (Lipinski definition) is 3. The summed E-state index contributed by atoms with van der Waals surface area (Å²) in [4.78, 5) is 36.6. The molecule has 0 bridgehead atoms. The molecular weight excluding hydrogens is 320 g/mol. The lowest BCUT2D eigenvalue weighted by molar-refractivity contribution is -0.137. The van der Waals surface area contributed by atoms with E-state index in [0.29, 0.717) is 25.9 Å². The van der Waals surface area contributed by atoms with Crippen molar-refractivity contribution in [3.8, 4) is 0 Å². The number of carbonyl (C=O) groups excluding carboxylic acids is 2. The second kappa shape index (κ2) is 9.81. The van der Waals surface area contributed by atoms with Gasteiger partial charge in [0.2, 0.25) is 11.8 Å². The van der Waals surface area contributed by atoms with Crippen molar-refractivity contribution < 1.29 is 19.5 Å². The van der Waals surface area contributed by atoms with Crippen LogP contribution in [0, 0.1) is 5.92 Å². The molecule has 1 fully saturated rings. The standard InChI is InChI=1S/C19H26N2O4/c22-17(13-15-5-2-1-3-6-15)20-11-10-18(23)21-12-4-7-16(14-21)8-9-19(24)25/h1-3,5-6,16H,4,7-14H2,(H,20,22)(H,24,25). The third-order valence-corrected chi connectivity index (χ3v) is 4.51. The Labute approximate surface area is 148 Å². The van der Waals surface area contributed by atoms with E-state index in [0.717, 1.165) is 24.9 Å². The van der Waals surface area contributed by atoms with Crippen LogP contribution in [0.5, 0.6) is 0 Å². The highest BCUT2D eigenvalue weighted by Crippen LogP contribution is 2.21. The molecule has 0 aliphatic carbocycles. The predicted molar refractivity (Wildman–Crippen MR) is 93.9 cm³/mol. The van der Waals surface area contributed by atoms with Gasteiger partial charge in [-0.3, -0.25) is 14.4 Å². The smallest absolute Gasteiger partial charge is 0.303 e. The summed E-state index contributed by atoms with van der Waals surface area (Å²) in [6.45, 7) is 1.69. The number of nitrogens with one attached hydrogen (secondary N) is 1. The summed E-state index contributed by atoms with van der Waals surface area (Å²) >= 11 is 0. The van der Waals surface area contributed by atoms with E-state index in [4.69, 9.17) is 5.11 Å². The first-order chi connectivity index (χ1) is 12.0. The average Bonchev–Trinajstić information content (AvgIpc) is 2.61. The largest absolute Gasteiger partial charge is 0.481 e. The Morgan fingerprint density at radius 1 is 1.16 bits per heavy atom. The van der Waals surface area contributed by atoms with Crippen LogP contribution >= 0.6 is 0 Å². The molecule has 1 aliphatic heterocycles. The van der Waals surface area contributed by atoms with E-state index in [9.17, 15) is 14.4 Å². The molecule has 0 aromatic heterocycles. The Hall–Kier alpha value is -2.37. The van der Waals surface area contributed by atoms with Crippen molar-refractivity contribution >= 4 is 17.8 Å². The zero-order chi connectivity index (χ0) is 18.1. The monoisotopic (exact) mass is 346 g/mol. The van der Waals surface area contributed by atoms with E-state index in [1.807, 2.05) is 30.3 Å². The number of aliphatic carboxylic acids is 1. The number of amides is 2. The predicted octanol–water partition coefficient (Wildman–Crippen LogP) is 1.84. The molecule has 1 aromatic carbocycles. The molecular formula is C19H26N2O4. The van der Waals surface area contributed by atoms with Crippen LogP contribution in [0.1, 0.15) is 37.7 Å². The van der Waals surface area contributed by atoms with Gasteiger partial charge in [-0.2, -0.15) is 0 Å². The number of carbonyl (C=O) groups is 3. The number of benzene rings is 1. The molecule has 0 spiro atoms. The summed E-state index contributed by atoms with van der Waals surface area (Å²) in [5.41, 5.74) is 0.948. The van der Waals surface area contributed by atoms with E-state index in [-0.39, 0.29) is 30.6 Å². The van der Waals surface area contributed by atoms with E-state index in [1.54, 1.807) is 4.90 Å². The normalized spacial score (nSPS) is 17.1. The average molecular weight is 346 g/mol. The molecule has 1 saturated heterocycles. The summed E-state index contributed by atoms with van der Waals surface area (Å²) in [5, 5.41) is 11.6. The number of rotatable bonds is 8. The molecule has 6 nitrogen and oxygen atoms in total. The zero-order valence-corrected chi connectivity index (χ0v) is 14.4. The lowest BCUT2D eigenvalue weighted by Crippen LogP contribution is -2.41. The van der Waals surface area contributed by atoms with Gasteiger partial charge >= 0.3 is 5.97 Å². The number of likely N-dealkylation sites (tertiary alicyclic amines) is 1. The number of carboxylic acid groups (broad SMARTS) is 1. The number of nitrogens with zero attached hydrogens (tertiary/aromatic N) is 1. The van der Waals surface area contributed by atoms with Crippen molar-refractivity contribution in [1.29, 1.82) is 0 Å². The molecule has 1 atom stereocenters. The highest BCUT2D eigenvalue weighted by Gasteiger charge is 2.23.